The maximum atomic E-state index is 13.4. The topological polar surface area (TPSA) is 12.0 Å². The van der Waals surface area contributed by atoms with Crippen LogP contribution < -0.4 is 5.32 Å². The molecule has 3 heteroatoms. The summed E-state index contributed by atoms with van der Waals surface area (Å²) in [6, 6.07) is 16.0. The molecular formula is C18H19BrFN. The third-order valence-corrected chi connectivity index (χ3v) is 4.41. The standard InChI is InChI=1S/C18H19BrFN/c19-16-5-2-4-14(11-16)15(12-21-18-7-8-18)9-13-3-1-6-17(20)10-13/h1-6,10-11,15,18,21H,7-9,12H2. The van der Waals surface area contributed by atoms with Gasteiger partial charge in [0.05, 0.1) is 0 Å². The van der Waals surface area contributed by atoms with E-state index in [1.807, 2.05) is 12.1 Å². The highest BCUT2D eigenvalue weighted by atomic mass is 79.9. The van der Waals surface area contributed by atoms with Gasteiger partial charge in [-0.05, 0) is 54.7 Å². The van der Waals surface area contributed by atoms with Gasteiger partial charge in [0.15, 0.2) is 0 Å². The van der Waals surface area contributed by atoms with E-state index in [1.165, 1.54) is 24.5 Å². The second kappa shape index (κ2) is 6.71. The fraction of sp³-hybridized carbons (Fsp3) is 0.333. The van der Waals surface area contributed by atoms with Crippen LogP contribution in [0.4, 0.5) is 4.39 Å². The Morgan fingerprint density at radius 1 is 1.14 bits per heavy atom. The minimum atomic E-state index is -0.157. The van der Waals surface area contributed by atoms with Crippen LogP contribution in [0.2, 0.25) is 0 Å². The quantitative estimate of drug-likeness (QED) is 0.800. The zero-order chi connectivity index (χ0) is 14.7. The fourth-order valence-electron chi connectivity index (χ4n) is 2.61. The van der Waals surface area contributed by atoms with E-state index in [9.17, 15) is 4.39 Å². The average Bonchev–Trinajstić information content (AvgIpc) is 3.27. The van der Waals surface area contributed by atoms with Crippen LogP contribution in [-0.2, 0) is 6.42 Å². The molecule has 0 bridgehead atoms. The van der Waals surface area contributed by atoms with Gasteiger partial charge in [-0.2, -0.15) is 0 Å². The molecule has 1 fully saturated rings. The van der Waals surface area contributed by atoms with Crippen LogP contribution >= 0.6 is 15.9 Å². The first kappa shape index (κ1) is 14.7. The van der Waals surface area contributed by atoms with Gasteiger partial charge in [-0.25, -0.2) is 4.39 Å². The lowest BCUT2D eigenvalue weighted by atomic mass is 9.92. The van der Waals surface area contributed by atoms with Crippen molar-refractivity contribution in [3.8, 4) is 0 Å². The van der Waals surface area contributed by atoms with Crippen LogP contribution in [0, 0.1) is 5.82 Å². The maximum Gasteiger partial charge on any atom is 0.123 e. The molecule has 0 amide bonds. The largest absolute Gasteiger partial charge is 0.313 e. The molecule has 1 saturated carbocycles. The molecule has 1 nitrogen and oxygen atoms in total. The molecule has 21 heavy (non-hydrogen) atoms. The Balaban J connectivity index is 1.77. The van der Waals surface area contributed by atoms with Crippen molar-refractivity contribution in [2.45, 2.75) is 31.2 Å². The molecule has 110 valence electrons. The van der Waals surface area contributed by atoms with Crippen molar-refractivity contribution in [3.63, 3.8) is 0 Å². The molecule has 2 aromatic carbocycles. The highest BCUT2D eigenvalue weighted by Crippen LogP contribution is 2.26. The first-order valence-electron chi connectivity index (χ1n) is 7.44. The van der Waals surface area contributed by atoms with Crippen LogP contribution in [0.3, 0.4) is 0 Å². The molecule has 0 aromatic heterocycles. The van der Waals surface area contributed by atoms with E-state index in [1.54, 1.807) is 12.1 Å². The summed E-state index contributed by atoms with van der Waals surface area (Å²) in [7, 11) is 0. The smallest absolute Gasteiger partial charge is 0.123 e. The molecule has 2 aromatic rings. The molecular weight excluding hydrogens is 329 g/mol. The van der Waals surface area contributed by atoms with Crippen molar-refractivity contribution in [2.24, 2.45) is 0 Å². The molecule has 0 heterocycles. The summed E-state index contributed by atoms with van der Waals surface area (Å²) in [5, 5.41) is 3.60. The number of hydrogen-bond donors (Lipinski definition) is 1. The van der Waals surface area contributed by atoms with Gasteiger partial charge in [0.1, 0.15) is 5.82 Å². The van der Waals surface area contributed by atoms with Crippen molar-refractivity contribution >= 4 is 15.9 Å². The Hall–Kier alpha value is -1.19. The SMILES string of the molecule is Fc1cccc(CC(CNC2CC2)c2cccc(Br)c2)c1. The average molecular weight is 348 g/mol. The van der Waals surface area contributed by atoms with Gasteiger partial charge in [-0.1, -0.05) is 40.2 Å². The summed E-state index contributed by atoms with van der Waals surface area (Å²) in [4.78, 5) is 0. The summed E-state index contributed by atoms with van der Waals surface area (Å²) in [5.74, 6) is 0.209. The maximum absolute atomic E-state index is 13.4. The fourth-order valence-corrected chi connectivity index (χ4v) is 3.03. The summed E-state index contributed by atoms with van der Waals surface area (Å²) in [6.45, 7) is 0.942. The van der Waals surface area contributed by atoms with Crippen molar-refractivity contribution in [2.75, 3.05) is 6.54 Å². The van der Waals surface area contributed by atoms with Crippen LogP contribution in [0.5, 0.6) is 0 Å². The van der Waals surface area contributed by atoms with Crippen LogP contribution in [0.15, 0.2) is 53.0 Å². The van der Waals surface area contributed by atoms with Gasteiger partial charge in [0.25, 0.3) is 0 Å². The third-order valence-electron chi connectivity index (χ3n) is 3.92. The second-order valence-corrected chi connectivity index (χ2v) is 6.68. The Kier molecular flexibility index (Phi) is 4.71. The molecule has 0 saturated heterocycles. The predicted molar refractivity (Wildman–Crippen MR) is 88.0 cm³/mol. The molecule has 1 aliphatic rings. The third kappa shape index (κ3) is 4.39. The van der Waals surface area contributed by atoms with Gasteiger partial charge in [0, 0.05) is 23.0 Å². The van der Waals surface area contributed by atoms with Crippen molar-refractivity contribution < 1.29 is 4.39 Å². The Labute approximate surface area is 133 Å². The van der Waals surface area contributed by atoms with Crippen LogP contribution in [-0.4, -0.2) is 12.6 Å². The van der Waals surface area contributed by atoms with E-state index in [-0.39, 0.29) is 5.82 Å². The van der Waals surface area contributed by atoms with Crippen molar-refractivity contribution in [3.05, 3.63) is 69.9 Å². The molecule has 1 atom stereocenters. The van der Waals surface area contributed by atoms with E-state index in [0.29, 0.717) is 12.0 Å². The normalized spacial score (nSPS) is 15.9. The Morgan fingerprint density at radius 2 is 1.95 bits per heavy atom. The number of rotatable bonds is 6. The monoisotopic (exact) mass is 347 g/mol. The lowest BCUT2D eigenvalue weighted by Crippen LogP contribution is -2.24. The van der Waals surface area contributed by atoms with E-state index >= 15 is 0 Å². The zero-order valence-corrected chi connectivity index (χ0v) is 13.4. The summed E-state index contributed by atoms with van der Waals surface area (Å²) in [6.07, 6.45) is 3.42. The van der Waals surface area contributed by atoms with Crippen LogP contribution in [0.25, 0.3) is 0 Å². The highest BCUT2D eigenvalue weighted by molar-refractivity contribution is 9.10. The van der Waals surface area contributed by atoms with Crippen molar-refractivity contribution in [1.29, 1.82) is 0 Å². The molecule has 1 N–H and O–H groups in total. The highest BCUT2D eigenvalue weighted by Gasteiger charge is 2.22. The van der Waals surface area contributed by atoms with E-state index in [2.05, 4.69) is 39.4 Å². The first-order valence-corrected chi connectivity index (χ1v) is 8.23. The molecule has 0 spiro atoms. The van der Waals surface area contributed by atoms with Gasteiger partial charge in [-0.15, -0.1) is 0 Å². The number of halogens is 2. The number of nitrogens with one attached hydrogen (secondary N) is 1. The molecule has 1 aliphatic carbocycles. The summed E-state index contributed by atoms with van der Waals surface area (Å²) >= 11 is 3.54. The van der Waals surface area contributed by atoms with Gasteiger partial charge < -0.3 is 5.32 Å². The molecule has 1 unspecified atom stereocenters. The van der Waals surface area contributed by atoms with Crippen LogP contribution in [0.1, 0.15) is 29.9 Å². The molecule has 3 rings (SSSR count). The Bertz CT molecular complexity index is 610. The van der Waals surface area contributed by atoms with Gasteiger partial charge in [-0.3, -0.25) is 0 Å². The van der Waals surface area contributed by atoms with E-state index in [0.717, 1.165) is 23.0 Å². The van der Waals surface area contributed by atoms with E-state index < -0.39 is 0 Å². The van der Waals surface area contributed by atoms with Gasteiger partial charge in [0.2, 0.25) is 0 Å². The molecule has 0 radical (unpaired) electrons. The summed E-state index contributed by atoms with van der Waals surface area (Å²) < 4.78 is 14.5. The summed E-state index contributed by atoms with van der Waals surface area (Å²) in [5.41, 5.74) is 2.35. The minimum absolute atomic E-state index is 0.157. The predicted octanol–water partition coefficient (Wildman–Crippen LogP) is 4.67. The van der Waals surface area contributed by atoms with Gasteiger partial charge >= 0.3 is 0 Å². The lowest BCUT2D eigenvalue weighted by Gasteiger charge is -2.19. The number of benzene rings is 2. The minimum Gasteiger partial charge on any atom is -0.313 e. The van der Waals surface area contributed by atoms with E-state index in [4.69, 9.17) is 0 Å². The zero-order valence-electron chi connectivity index (χ0n) is 11.9. The van der Waals surface area contributed by atoms with Crippen molar-refractivity contribution in [1.82, 2.24) is 5.32 Å². The number of hydrogen-bond acceptors (Lipinski definition) is 1. The Morgan fingerprint density at radius 3 is 2.67 bits per heavy atom. The molecule has 0 aliphatic heterocycles. The lowest BCUT2D eigenvalue weighted by molar-refractivity contribution is 0.573. The second-order valence-electron chi connectivity index (χ2n) is 5.77. The first-order chi connectivity index (χ1) is 10.2.